The Hall–Kier alpha value is -1.38. The van der Waals surface area contributed by atoms with Crippen LogP contribution in [0.4, 0.5) is 8.78 Å². The van der Waals surface area contributed by atoms with Crippen LogP contribution in [0.15, 0.2) is 18.2 Å². The van der Waals surface area contributed by atoms with Gasteiger partial charge in [0.2, 0.25) is 5.95 Å². The number of aromatic amines is 1. The van der Waals surface area contributed by atoms with Gasteiger partial charge in [-0.3, -0.25) is 0 Å². The van der Waals surface area contributed by atoms with E-state index in [0.29, 0.717) is 10.9 Å². The summed E-state index contributed by atoms with van der Waals surface area (Å²) in [7, 11) is 0. The molecule has 0 aliphatic rings. The fraction of sp³-hybridized carbons (Fsp3) is 0.111. The second-order valence-corrected chi connectivity index (χ2v) is 2.75. The highest BCUT2D eigenvalue weighted by Gasteiger charge is 2.11. The molecule has 0 saturated heterocycles. The maximum Gasteiger partial charge on any atom is 0.228 e. The van der Waals surface area contributed by atoms with Crippen LogP contribution < -0.4 is 0 Å². The van der Waals surface area contributed by atoms with E-state index in [0.717, 1.165) is 5.56 Å². The summed E-state index contributed by atoms with van der Waals surface area (Å²) < 4.78 is 25.7. The Balaban J connectivity index is 2.97. The van der Waals surface area contributed by atoms with Crippen molar-refractivity contribution < 1.29 is 8.78 Å². The number of nitrogens with one attached hydrogen (secondary N) is 1. The van der Waals surface area contributed by atoms with E-state index < -0.39 is 11.8 Å². The Bertz CT molecular complexity index is 431. The van der Waals surface area contributed by atoms with Crippen LogP contribution in [0.25, 0.3) is 10.9 Å². The van der Waals surface area contributed by atoms with Crippen molar-refractivity contribution in [3.05, 3.63) is 35.5 Å². The van der Waals surface area contributed by atoms with Crippen LogP contribution >= 0.6 is 0 Å². The van der Waals surface area contributed by atoms with Crippen LogP contribution in [0.2, 0.25) is 0 Å². The van der Waals surface area contributed by atoms with E-state index in [1.165, 1.54) is 0 Å². The van der Waals surface area contributed by atoms with Crippen molar-refractivity contribution >= 4 is 10.9 Å². The van der Waals surface area contributed by atoms with Crippen molar-refractivity contribution in [1.82, 2.24) is 4.98 Å². The Morgan fingerprint density at radius 1 is 1.25 bits per heavy atom. The number of fused-ring (bicyclic) bond motifs is 1. The zero-order valence-electron chi connectivity index (χ0n) is 6.49. The molecule has 1 heterocycles. The molecular formula is C9H7F2N. The van der Waals surface area contributed by atoms with E-state index in [-0.39, 0.29) is 0 Å². The zero-order valence-corrected chi connectivity index (χ0v) is 6.49. The molecule has 2 aromatic rings. The quantitative estimate of drug-likeness (QED) is 0.621. The molecule has 1 aromatic heterocycles. The molecule has 0 fully saturated rings. The van der Waals surface area contributed by atoms with Crippen molar-refractivity contribution in [2.75, 3.05) is 0 Å². The normalized spacial score (nSPS) is 10.9. The Labute approximate surface area is 68.0 Å². The van der Waals surface area contributed by atoms with Gasteiger partial charge in [-0.25, -0.2) is 4.39 Å². The molecule has 1 nitrogen and oxygen atoms in total. The van der Waals surface area contributed by atoms with E-state index in [1.54, 1.807) is 25.1 Å². The maximum atomic E-state index is 13.0. The van der Waals surface area contributed by atoms with Gasteiger partial charge in [0.25, 0.3) is 0 Å². The number of hydrogen-bond donors (Lipinski definition) is 1. The van der Waals surface area contributed by atoms with Crippen molar-refractivity contribution in [1.29, 1.82) is 0 Å². The standard InChI is InChI=1S/C9H7F2N/c1-5-3-2-4-6-7(5)8(10)9(11)12-6/h2-4,12H,1H3. The van der Waals surface area contributed by atoms with Crippen molar-refractivity contribution in [2.45, 2.75) is 6.92 Å². The second-order valence-electron chi connectivity index (χ2n) is 2.75. The zero-order chi connectivity index (χ0) is 8.72. The van der Waals surface area contributed by atoms with Crippen LogP contribution in [0.5, 0.6) is 0 Å². The summed E-state index contributed by atoms with van der Waals surface area (Å²) in [6, 6.07) is 5.15. The minimum Gasteiger partial charge on any atom is -0.329 e. The molecule has 2 rings (SSSR count). The lowest BCUT2D eigenvalue weighted by Gasteiger charge is -1.93. The average Bonchev–Trinajstić information content (AvgIpc) is 2.29. The molecule has 0 unspecified atom stereocenters. The van der Waals surface area contributed by atoms with Gasteiger partial charge in [-0.15, -0.1) is 0 Å². The van der Waals surface area contributed by atoms with E-state index in [1.807, 2.05) is 0 Å². The summed E-state index contributed by atoms with van der Waals surface area (Å²) >= 11 is 0. The highest BCUT2D eigenvalue weighted by molar-refractivity contribution is 5.83. The number of benzene rings is 1. The Kier molecular flexibility index (Phi) is 1.40. The summed E-state index contributed by atoms with van der Waals surface area (Å²) in [5, 5.41) is 0.343. The number of hydrogen-bond acceptors (Lipinski definition) is 0. The first kappa shape index (κ1) is 7.28. The first-order chi connectivity index (χ1) is 5.70. The number of H-pyrrole nitrogens is 1. The number of rotatable bonds is 0. The number of halogens is 2. The van der Waals surface area contributed by atoms with Crippen molar-refractivity contribution in [3.8, 4) is 0 Å². The molecule has 1 aromatic carbocycles. The molecule has 0 amide bonds. The topological polar surface area (TPSA) is 15.8 Å². The first-order valence-electron chi connectivity index (χ1n) is 3.62. The fourth-order valence-electron chi connectivity index (χ4n) is 1.35. The SMILES string of the molecule is Cc1cccc2[nH]c(F)c(F)c12. The molecule has 0 saturated carbocycles. The lowest BCUT2D eigenvalue weighted by atomic mass is 10.1. The Morgan fingerprint density at radius 2 is 2.00 bits per heavy atom. The van der Waals surface area contributed by atoms with Crippen LogP contribution in [0.3, 0.4) is 0 Å². The molecule has 3 heteroatoms. The molecule has 0 radical (unpaired) electrons. The summed E-state index contributed by atoms with van der Waals surface area (Å²) in [5.74, 6) is -1.68. The second kappa shape index (κ2) is 2.30. The molecule has 0 atom stereocenters. The van der Waals surface area contributed by atoms with Gasteiger partial charge >= 0.3 is 0 Å². The summed E-state index contributed by atoms with van der Waals surface area (Å²) in [4.78, 5) is 2.33. The smallest absolute Gasteiger partial charge is 0.228 e. The highest BCUT2D eigenvalue weighted by Crippen LogP contribution is 2.22. The molecule has 0 bridgehead atoms. The predicted octanol–water partition coefficient (Wildman–Crippen LogP) is 2.75. The van der Waals surface area contributed by atoms with Crippen LogP contribution in [-0.4, -0.2) is 4.98 Å². The molecule has 0 spiro atoms. The largest absolute Gasteiger partial charge is 0.329 e. The summed E-state index contributed by atoms with van der Waals surface area (Å²) in [6.45, 7) is 1.75. The van der Waals surface area contributed by atoms with Gasteiger partial charge in [-0.2, -0.15) is 4.39 Å². The van der Waals surface area contributed by atoms with Gasteiger partial charge < -0.3 is 4.98 Å². The lowest BCUT2D eigenvalue weighted by molar-refractivity contribution is 0.498. The van der Waals surface area contributed by atoms with Gasteiger partial charge in [-0.05, 0) is 18.6 Å². The van der Waals surface area contributed by atoms with Gasteiger partial charge in [-0.1, -0.05) is 12.1 Å². The first-order valence-corrected chi connectivity index (χ1v) is 3.62. The molecule has 12 heavy (non-hydrogen) atoms. The summed E-state index contributed by atoms with van der Waals surface area (Å²) in [5.41, 5.74) is 1.25. The third kappa shape index (κ3) is 0.826. The molecular weight excluding hydrogens is 160 g/mol. The fourth-order valence-corrected chi connectivity index (χ4v) is 1.35. The third-order valence-electron chi connectivity index (χ3n) is 1.93. The van der Waals surface area contributed by atoms with Gasteiger partial charge in [0.05, 0.1) is 5.52 Å². The molecule has 1 N–H and O–H groups in total. The highest BCUT2D eigenvalue weighted by atomic mass is 19.2. The summed E-state index contributed by atoms with van der Waals surface area (Å²) in [6.07, 6.45) is 0. The van der Waals surface area contributed by atoms with Gasteiger partial charge in [0.1, 0.15) is 0 Å². The number of aryl methyl sites for hydroxylation is 1. The van der Waals surface area contributed by atoms with E-state index in [4.69, 9.17) is 0 Å². The van der Waals surface area contributed by atoms with E-state index >= 15 is 0 Å². The van der Waals surface area contributed by atoms with Crippen LogP contribution in [0, 0.1) is 18.7 Å². The Morgan fingerprint density at radius 3 is 2.67 bits per heavy atom. The molecule has 0 aliphatic carbocycles. The van der Waals surface area contributed by atoms with E-state index in [9.17, 15) is 8.78 Å². The van der Waals surface area contributed by atoms with Crippen LogP contribution in [0.1, 0.15) is 5.56 Å². The lowest BCUT2D eigenvalue weighted by Crippen LogP contribution is -1.77. The monoisotopic (exact) mass is 167 g/mol. The van der Waals surface area contributed by atoms with Gasteiger partial charge in [0.15, 0.2) is 5.82 Å². The van der Waals surface area contributed by atoms with Crippen molar-refractivity contribution in [2.24, 2.45) is 0 Å². The molecule has 0 aliphatic heterocycles. The maximum absolute atomic E-state index is 13.0. The van der Waals surface area contributed by atoms with Crippen molar-refractivity contribution in [3.63, 3.8) is 0 Å². The van der Waals surface area contributed by atoms with Gasteiger partial charge in [0, 0.05) is 5.39 Å². The van der Waals surface area contributed by atoms with E-state index in [2.05, 4.69) is 4.98 Å². The minimum atomic E-state index is -0.890. The average molecular weight is 167 g/mol. The predicted molar refractivity (Wildman–Crippen MR) is 43.0 cm³/mol. The third-order valence-corrected chi connectivity index (χ3v) is 1.93. The number of aromatic nitrogens is 1. The van der Waals surface area contributed by atoms with Crippen LogP contribution in [-0.2, 0) is 0 Å². The minimum absolute atomic E-state index is 0.343. The molecule has 62 valence electrons.